The molecular formula is C19H19F3N2O3. The summed E-state index contributed by atoms with van der Waals surface area (Å²) in [5.74, 6) is -5.57. The molecule has 1 amide bonds. The number of rotatable bonds is 5. The van der Waals surface area contributed by atoms with Crippen LogP contribution in [0.25, 0.3) is 0 Å². The summed E-state index contributed by atoms with van der Waals surface area (Å²) in [6.07, 6.45) is -1.03. The van der Waals surface area contributed by atoms with Gasteiger partial charge in [0.05, 0.1) is 24.9 Å². The van der Waals surface area contributed by atoms with Crippen LogP contribution < -0.4 is 10.2 Å². The van der Waals surface area contributed by atoms with Gasteiger partial charge in [-0.1, -0.05) is 12.1 Å². The first-order valence-electron chi connectivity index (χ1n) is 8.50. The van der Waals surface area contributed by atoms with Crippen LogP contribution in [0.3, 0.4) is 0 Å². The van der Waals surface area contributed by atoms with E-state index >= 15 is 0 Å². The lowest BCUT2D eigenvalue weighted by Crippen LogP contribution is -2.36. The van der Waals surface area contributed by atoms with Gasteiger partial charge in [-0.2, -0.15) is 0 Å². The number of nitrogens with one attached hydrogen (secondary N) is 1. The molecule has 0 aromatic heterocycles. The Hall–Kier alpha value is -2.58. The first-order chi connectivity index (χ1) is 13.0. The zero-order chi connectivity index (χ0) is 19.4. The van der Waals surface area contributed by atoms with E-state index in [1.807, 2.05) is 12.1 Å². The van der Waals surface area contributed by atoms with Crippen molar-refractivity contribution in [1.82, 2.24) is 5.32 Å². The Morgan fingerprint density at radius 2 is 1.74 bits per heavy atom. The van der Waals surface area contributed by atoms with Crippen molar-refractivity contribution in [2.45, 2.75) is 6.10 Å². The maximum Gasteiger partial charge on any atom is 0.254 e. The lowest BCUT2D eigenvalue weighted by molar-refractivity contribution is 0.0911. The number of morpholine rings is 1. The molecule has 2 N–H and O–H groups in total. The zero-order valence-corrected chi connectivity index (χ0v) is 14.4. The van der Waals surface area contributed by atoms with Crippen molar-refractivity contribution < 1.29 is 27.8 Å². The molecule has 1 aliphatic heterocycles. The molecule has 1 saturated heterocycles. The van der Waals surface area contributed by atoms with Crippen LogP contribution in [0, 0.1) is 17.5 Å². The van der Waals surface area contributed by atoms with E-state index in [1.165, 1.54) is 0 Å². The highest BCUT2D eigenvalue weighted by atomic mass is 19.2. The van der Waals surface area contributed by atoms with Gasteiger partial charge in [0.1, 0.15) is 0 Å². The summed E-state index contributed by atoms with van der Waals surface area (Å²) < 4.78 is 45.1. The molecule has 3 rings (SSSR count). The van der Waals surface area contributed by atoms with Crippen molar-refractivity contribution in [1.29, 1.82) is 0 Å². The number of aliphatic hydroxyl groups is 1. The number of carbonyl (C=O) groups is 1. The predicted octanol–water partition coefficient (Wildman–Crippen LogP) is 2.40. The molecule has 1 aliphatic rings. The number of amides is 1. The highest BCUT2D eigenvalue weighted by Gasteiger charge is 2.20. The summed E-state index contributed by atoms with van der Waals surface area (Å²) in [6, 6.07) is 8.72. The van der Waals surface area contributed by atoms with Gasteiger partial charge in [0.15, 0.2) is 17.5 Å². The Kier molecular flexibility index (Phi) is 5.98. The van der Waals surface area contributed by atoms with Crippen molar-refractivity contribution in [2.24, 2.45) is 0 Å². The molecule has 0 bridgehead atoms. The minimum absolute atomic E-state index is 0.200. The number of anilines is 1. The Morgan fingerprint density at radius 1 is 1.07 bits per heavy atom. The normalized spacial score (nSPS) is 15.5. The summed E-state index contributed by atoms with van der Waals surface area (Å²) >= 11 is 0. The number of carbonyl (C=O) groups excluding carboxylic acids is 1. The van der Waals surface area contributed by atoms with E-state index < -0.39 is 35.0 Å². The van der Waals surface area contributed by atoms with E-state index in [9.17, 15) is 23.1 Å². The van der Waals surface area contributed by atoms with Crippen LogP contribution in [0.15, 0.2) is 36.4 Å². The zero-order valence-electron chi connectivity index (χ0n) is 14.4. The fourth-order valence-corrected chi connectivity index (χ4v) is 2.83. The smallest absolute Gasteiger partial charge is 0.254 e. The van der Waals surface area contributed by atoms with E-state index in [-0.39, 0.29) is 6.54 Å². The van der Waals surface area contributed by atoms with Crippen LogP contribution in [0.5, 0.6) is 0 Å². The third-order valence-electron chi connectivity index (χ3n) is 4.39. The molecule has 0 spiro atoms. The fourth-order valence-electron chi connectivity index (χ4n) is 2.83. The fraction of sp³-hybridized carbons (Fsp3) is 0.316. The quantitative estimate of drug-likeness (QED) is 0.782. The first-order valence-corrected chi connectivity index (χ1v) is 8.50. The highest BCUT2D eigenvalue weighted by Crippen LogP contribution is 2.20. The molecule has 0 radical (unpaired) electrons. The first kappa shape index (κ1) is 19.2. The van der Waals surface area contributed by atoms with Crippen LogP contribution in [0.1, 0.15) is 22.0 Å². The van der Waals surface area contributed by atoms with Gasteiger partial charge in [-0.15, -0.1) is 0 Å². The Labute approximate surface area is 154 Å². The maximum absolute atomic E-state index is 13.6. The van der Waals surface area contributed by atoms with Crippen molar-refractivity contribution in [2.75, 3.05) is 37.7 Å². The second kappa shape index (κ2) is 8.41. The molecule has 1 heterocycles. The van der Waals surface area contributed by atoms with Gasteiger partial charge in [0, 0.05) is 25.3 Å². The van der Waals surface area contributed by atoms with E-state index in [4.69, 9.17) is 4.74 Å². The average molecular weight is 380 g/mol. The van der Waals surface area contributed by atoms with Crippen LogP contribution in [-0.4, -0.2) is 43.9 Å². The van der Waals surface area contributed by atoms with E-state index in [2.05, 4.69) is 10.2 Å². The van der Waals surface area contributed by atoms with E-state index in [1.54, 1.807) is 12.1 Å². The molecule has 0 aliphatic carbocycles. The molecule has 2 aromatic carbocycles. The molecule has 2 aromatic rings. The number of hydrogen-bond donors (Lipinski definition) is 2. The van der Waals surface area contributed by atoms with Crippen molar-refractivity contribution in [3.8, 4) is 0 Å². The lowest BCUT2D eigenvalue weighted by atomic mass is 10.1. The number of nitrogens with zero attached hydrogens (tertiary/aromatic N) is 1. The Bertz CT molecular complexity index is 809. The van der Waals surface area contributed by atoms with E-state index in [0.717, 1.165) is 24.8 Å². The largest absolute Gasteiger partial charge is 0.387 e. The molecule has 144 valence electrons. The van der Waals surface area contributed by atoms with Gasteiger partial charge in [-0.3, -0.25) is 4.79 Å². The number of ether oxygens (including phenoxy) is 1. The molecule has 1 fully saturated rings. The molecule has 27 heavy (non-hydrogen) atoms. The number of halogens is 3. The maximum atomic E-state index is 13.6. The summed E-state index contributed by atoms with van der Waals surface area (Å²) in [6.45, 7) is 2.71. The van der Waals surface area contributed by atoms with Gasteiger partial charge in [0.25, 0.3) is 5.91 Å². The highest BCUT2D eigenvalue weighted by molar-refractivity contribution is 5.94. The Morgan fingerprint density at radius 3 is 2.41 bits per heavy atom. The van der Waals surface area contributed by atoms with Gasteiger partial charge in [-0.25, -0.2) is 13.2 Å². The number of hydrogen-bond acceptors (Lipinski definition) is 4. The molecule has 0 saturated carbocycles. The van der Waals surface area contributed by atoms with Crippen LogP contribution in [0.4, 0.5) is 18.9 Å². The molecular weight excluding hydrogens is 361 g/mol. The van der Waals surface area contributed by atoms with Gasteiger partial charge in [-0.05, 0) is 29.8 Å². The second-order valence-corrected chi connectivity index (χ2v) is 6.14. The van der Waals surface area contributed by atoms with Crippen LogP contribution in [0.2, 0.25) is 0 Å². The minimum Gasteiger partial charge on any atom is -0.387 e. The molecule has 1 atom stereocenters. The third-order valence-corrected chi connectivity index (χ3v) is 4.39. The predicted molar refractivity (Wildman–Crippen MR) is 93.1 cm³/mol. The topological polar surface area (TPSA) is 61.8 Å². The standard InChI is InChI=1S/C19H19F3N2O3/c20-15-6-5-14(17(21)18(15)22)19(26)23-11-16(25)12-1-3-13(4-2-12)24-7-9-27-10-8-24/h1-6,16,25H,7-11H2,(H,23,26). The average Bonchev–Trinajstić information content (AvgIpc) is 2.71. The third kappa shape index (κ3) is 4.40. The SMILES string of the molecule is O=C(NCC(O)c1ccc(N2CCOCC2)cc1)c1ccc(F)c(F)c1F. The second-order valence-electron chi connectivity index (χ2n) is 6.14. The van der Waals surface area contributed by atoms with Crippen LogP contribution in [-0.2, 0) is 4.74 Å². The van der Waals surface area contributed by atoms with Gasteiger partial charge < -0.3 is 20.1 Å². The molecule has 5 nitrogen and oxygen atoms in total. The summed E-state index contributed by atoms with van der Waals surface area (Å²) in [7, 11) is 0. The number of aliphatic hydroxyl groups excluding tert-OH is 1. The summed E-state index contributed by atoms with van der Waals surface area (Å²) in [5, 5.41) is 12.5. The summed E-state index contributed by atoms with van der Waals surface area (Å²) in [4.78, 5) is 14.1. The Balaban J connectivity index is 1.59. The van der Waals surface area contributed by atoms with Crippen molar-refractivity contribution >= 4 is 11.6 Å². The van der Waals surface area contributed by atoms with E-state index in [0.29, 0.717) is 24.8 Å². The lowest BCUT2D eigenvalue weighted by Gasteiger charge is -2.29. The van der Waals surface area contributed by atoms with Crippen molar-refractivity contribution in [3.63, 3.8) is 0 Å². The number of benzene rings is 2. The van der Waals surface area contributed by atoms with Crippen molar-refractivity contribution in [3.05, 3.63) is 65.0 Å². The molecule has 1 unspecified atom stereocenters. The summed E-state index contributed by atoms with van der Waals surface area (Å²) in [5.41, 5.74) is 0.948. The van der Waals surface area contributed by atoms with Gasteiger partial charge in [0.2, 0.25) is 0 Å². The molecule has 8 heteroatoms. The minimum atomic E-state index is -1.71. The monoisotopic (exact) mass is 380 g/mol. The van der Waals surface area contributed by atoms with Gasteiger partial charge >= 0.3 is 0 Å². The van der Waals surface area contributed by atoms with Crippen LogP contribution >= 0.6 is 0 Å².